The Hall–Kier alpha value is -3.09. The van der Waals surface area contributed by atoms with E-state index < -0.39 is 4.92 Å². The quantitative estimate of drug-likeness (QED) is 0.620. The van der Waals surface area contributed by atoms with E-state index in [1.165, 1.54) is 19.1 Å². The van der Waals surface area contributed by atoms with E-state index in [1.807, 2.05) is 37.3 Å². The number of hydrogen-bond acceptors (Lipinski definition) is 5. The van der Waals surface area contributed by atoms with Crippen molar-refractivity contribution in [3.63, 3.8) is 0 Å². The van der Waals surface area contributed by atoms with E-state index in [4.69, 9.17) is 9.47 Å². The maximum Gasteiger partial charge on any atom is 0.296 e. The largest absolute Gasteiger partial charge is 0.489 e. The van der Waals surface area contributed by atoms with Crippen molar-refractivity contribution in [3.05, 3.63) is 58.6 Å². The van der Waals surface area contributed by atoms with Gasteiger partial charge in [0.25, 0.3) is 5.69 Å². The molecule has 0 spiro atoms. The highest BCUT2D eigenvalue weighted by Crippen LogP contribution is 2.29. The van der Waals surface area contributed by atoms with E-state index in [-0.39, 0.29) is 30.0 Å². The van der Waals surface area contributed by atoms with Crippen molar-refractivity contribution in [3.8, 4) is 11.5 Å². The highest BCUT2D eigenvalue weighted by atomic mass is 16.6. The topological polar surface area (TPSA) is 90.7 Å². The monoisotopic (exact) mass is 330 g/mol. The number of nitro groups is 1. The highest BCUT2D eigenvalue weighted by Gasteiger charge is 2.16. The number of amides is 1. The van der Waals surface area contributed by atoms with Gasteiger partial charge in [0.1, 0.15) is 29.9 Å². The molecule has 1 atom stereocenters. The Bertz CT molecular complexity index is 718. The minimum Gasteiger partial charge on any atom is -0.489 e. The molecule has 7 nitrogen and oxygen atoms in total. The Balaban J connectivity index is 2.00. The average molecular weight is 330 g/mol. The smallest absolute Gasteiger partial charge is 0.296 e. The fourth-order valence-corrected chi connectivity index (χ4v) is 2.03. The number of nitrogens with zero attached hydrogens (tertiary/aromatic N) is 1. The van der Waals surface area contributed by atoms with E-state index in [2.05, 4.69) is 5.32 Å². The van der Waals surface area contributed by atoms with Crippen molar-refractivity contribution in [2.45, 2.75) is 20.0 Å². The number of para-hydroxylation sites is 1. The maximum absolute atomic E-state index is 11.1. The first-order valence-electron chi connectivity index (χ1n) is 7.36. The Labute approximate surface area is 139 Å². The summed E-state index contributed by atoms with van der Waals surface area (Å²) in [6.45, 7) is 3.36. The number of benzene rings is 2. The molecule has 126 valence electrons. The van der Waals surface area contributed by atoms with Crippen molar-refractivity contribution in [2.75, 3.05) is 11.9 Å². The van der Waals surface area contributed by atoms with Crippen LogP contribution in [-0.2, 0) is 4.79 Å². The lowest BCUT2D eigenvalue weighted by Crippen LogP contribution is -2.21. The van der Waals surface area contributed by atoms with Gasteiger partial charge in [-0.25, -0.2) is 0 Å². The van der Waals surface area contributed by atoms with Crippen molar-refractivity contribution in [1.29, 1.82) is 0 Å². The summed E-state index contributed by atoms with van der Waals surface area (Å²) < 4.78 is 11.2. The van der Waals surface area contributed by atoms with Gasteiger partial charge in [-0.2, -0.15) is 0 Å². The molecule has 0 saturated carbocycles. The van der Waals surface area contributed by atoms with Crippen LogP contribution in [0.3, 0.4) is 0 Å². The summed E-state index contributed by atoms with van der Waals surface area (Å²) >= 11 is 0. The van der Waals surface area contributed by atoms with Gasteiger partial charge >= 0.3 is 0 Å². The van der Waals surface area contributed by atoms with E-state index in [9.17, 15) is 14.9 Å². The van der Waals surface area contributed by atoms with Crippen LogP contribution in [0.4, 0.5) is 11.4 Å². The molecule has 0 aliphatic heterocycles. The lowest BCUT2D eigenvalue weighted by atomic mass is 10.2. The zero-order valence-corrected chi connectivity index (χ0v) is 13.4. The first-order chi connectivity index (χ1) is 11.5. The Morgan fingerprint density at radius 2 is 1.92 bits per heavy atom. The summed E-state index contributed by atoms with van der Waals surface area (Å²) in [4.78, 5) is 21.6. The van der Waals surface area contributed by atoms with E-state index in [0.717, 1.165) is 5.75 Å². The molecule has 0 aromatic heterocycles. The zero-order chi connectivity index (χ0) is 17.5. The minimum absolute atomic E-state index is 0.133. The van der Waals surface area contributed by atoms with Crippen molar-refractivity contribution >= 4 is 17.3 Å². The number of carbonyl (C=O) groups is 1. The van der Waals surface area contributed by atoms with Crippen LogP contribution in [0.15, 0.2) is 48.5 Å². The molecule has 0 heterocycles. The van der Waals surface area contributed by atoms with Gasteiger partial charge in [0.2, 0.25) is 5.91 Å². The molecule has 0 bridgehead atoms. The fourth-order valence-electron chi connectivity index (χ4n) is 2.03. The lowest BCUT2D eigenvalue weighted by molar-refractivity contribution is -0.384. The van der Waals surface area contributed by atoms with Crippen LogP contribution in [-0.4, -0.2) is 23.5 Å². The van der Waals surface area contributed by atoms with Crippen LogP contribution in [0.25, 0.3) is 0 Å². The number of anilines is 1. The summed E-state index contributed by atoms with van der Waals surface area (Å²) in [7, 11) is 0. The number of rotatable bonds is 7. The molecule has 0 aliphatic rings. The number of nitro benzene ring substituents is 1. The standard InChI is InChI=1S/C17H18N2O5/c1-12(24-14-6-4-3-5-7-14)11-23-15-8-9-16(18-13(2)20)17(10-15)19(21)22/h3-10,12H,11H2,1-2H3,(H,18,20). The van der Waals surface area contributed by atoms with Crippen LogP contribution < -0.4 is 14.8 Å². The van der Waals surface area contributed by atoms with E-state index >= 15 is 0 Å². The Kier molecular flexibility index (Phi) is 5.73. The predicted octanol–water partition coefficient (Wildman–Crippen LogP) is 3.40. The SMILES string of the molecule is CC(=O)Nc1ccc(OCC(C)Oc2ccccc2)cc1[N+](=O)[O-]. The van der Waals surface area contributed by atoms with Crippen LogP contribution in [0, 0.1) is 10.1 Å². The van der Waals surface area contributed by atoms with Gasteiger partial charge in [-0.05, 0) is 31.2 Å². The number of nitrogens with one attached hydrogen (secondary N) is 1. The molecule has 0 fully saturated rings. The number of hydrogen-bond donors (Lipinski definition) is 1. The molecular formula is C17H18N2O5. The Morgan fingerprint density at radius 1 is 1.21 bits per heavy atom. The second-order valence-electron chi connectivity index (χ2n) is 5.17. The molecule has 0 saturated heterocycles. The minimum atomic E-state index is -0.567. The maximum atomic E-state index is 11.1. The van der Waals surface area contributed by atoms with E-state index in [1.54, 1.807) is 6.07 Å². The van der Waals surface area contributed by atoms with Crippen molar-refractivity contribution in [1.82, 2.24) is 0 Å². The summed E-state index contributed by atoms with van der Waals surface area (Å²) in [6.07, 6.45) is -0.235. The average Bonchev–Trinajstić information content (AvgIpc) is 2.54. The molecule has 24 heavy (non-hydrogen) atoms. The van der Waals surface area contributed by atoms with Crippen molar-refractivity contribution < 1.29 is 19.2 Å². The number of carbonyl (C=O) groups excluding carboxylic acids is 1. The van der Waals surface area contributed by atoms with Crippen LogP contribution >= 0.6 is 0 Å². The second-order valence-corrected chi connectivity index (χ2v) is 5.17. The molecular weight excluding hydrogens is 312 g/mol. The third-order valence-electron chi connectivity index (χ3n) is 3.04. The van der Waals surface area contributed by atoms with Gasteiger partial charge in [-0.3, -0.25) is 14.9 Å². The lowest BCUT2D eigenvalue weighted by Gasteiger charge is -2.15. The fraction of sp³-hybridized carbons (Fsp3) is 0.235. The number of ether oxygens (including phenoxy) is 2. The molecule has 2 aromatic carbocycles. The third kappa shape index (κ3) is 4.98. The summed E-state index contributed by atoms with van der Waals surface area (Å²) in [5.74, 6) is 0.677. The molecule has 2 aromatic rings. The third-order valence-corrected chi connectivity index (χ3v) is 3.04. The van der Waals surface area contributed by atoms with Crippen LogP contribution in [0.1, 0.15) is 13.8 Å². The summed E-state index contributed by atoms with van der Waals surface area (Å²) in [5.41, 5.74) is -0.0900. The molecule has 1 N–H and O–H groups in total. The normalized spacial score (nSPS) is 11.4. The molecule has 1 amide bonds. The van der Waals surface area contributed by atoms with Gasteiger partial charge in [0.05, 0.1) is 11.0 Å². The molecule has 7 heteroatoms. The molecule has 2 rings (SSSR count). The molecule has 1 unspecified atom stereocenters. The second kappa shape index (κ2) is 7.96. The van der Waals surface area contributed by atoms with E-state index in [0.29, 0.717) is 5.75 Å². The van der Waals surface area contributed by atoms with Crippen LogP contribution in [0.5, 0.6) is 11.5 Å². The van der Waals surface area contributed by atoms with Gasteiger partial charge in [-0.15, -0.1) is 0 Å². The predicted molar refractivity (Wildman–Crippen MR) is 89.4 cm³/mol. The highest BCUT2D eigenvalue weighted by molar-refractivity contribution is 5.91. The zero-order valence-electron chi connectivity index (χ0n) is 13.4. The molecule has 0 radical (unpaired) electrons. The van der Waals surface area contributed by atoms with Gasteiger partial charge in [0, 0.05) is 6.92 Å². The molecule has 0 aliphatic carbocycles. The summed E-state index contributed by atoms with van der Waals surface area (Å²) in [6, 6.07) is 13.6. The van der Waals surface area contributed by atoms with Crippen LogP contribution in [0.2, 0.25) is 0 Å². The van der Waals surface area contributed by atoms with Gasteiger partial charge in [0.15, 0.2) is 0 Å². The van der Waals surface area contributed by atoms with Gasteiger partial charge < -0.3 is 14.8 Å². The van der Waals surface area contributed by atoms with Crippen molar-refractivity contribution in [2.24, 2.45) is 0 Å². The first-order valence-corrected chi connectivity index (χ1v) is 7.36. The Morgan fingerprint density at radius 3 is 2.54 bits per heavy atom. The van der Waals surface area contributed by atoms with Gasteiger partial charge in [-0.1, -0.05) is 18.2 Å². The summed E-state index contributed by atoms with van der Waals surface area (Å²) in [5, 5.41) is 13.5. The first kappa shape index (κ1) is 17.3.